The number of hydrogen-bond donors (Lipinski definition) is 0. The Hall–Kier alpha value is -2.95. The number of para-hydroxylation sites is 1. The number of fused-ring (bicyclic) bond motifs is 1. The van der Waals surface area contributed by atoms with Gasteiger partial charge in [-0.3, -0.25) is 9.69 Å². The minimum atomic E-state index is -0.906. The van der Waals surface area contributed by atoms with Crippen molar-refractivity contribution in [2.45, 2.75) is 11.8 Å². The average Bonchev–Trinajstić information content (AvgIpc) is 3.05. The van der Waals surface area contributed by atoms with Gasteiger partial charge in [-0.1, -0.05) is 66.7 Å². The van der Waals surface area contributed by atoms with Crippen LogP contribution in [0, 0.1) is 0 Å². The van der Waals surface area contributed by atoms with Gasteiger partial charge >= 0.3 is 0 Å². The first-order valence-electron chi connectivity index (χ1n) is 8.85. The number of carbonyl (C=O) groups excluding carboxylic acids is 1. The van der Waals surface area contributed by atoms with Crippen LogP contribution in [0.5, 0.6) is 0 Å². The van der Waals surface area contributed by atoms with Crippen molar-refractivity contribution in [3.05, 3.63) is 102 Å². The Balaban J connectivity index is 1.94. The van der Waals surface area contributed by atoms with Gasteiger partial charge in [0.05, 0.1) is 5.69 Å². The van der Waals surface area contributed by atoms with Gasteiger partial charge in [-0.25, -0.2) is 0 Å². The van der Waals surface area contributed by atoms with Crippen LogP contribution in [-0.2, 0) is 15.1 Å². The molecule has 2 atom stereocenters. The van der Waals surface area contributed by atoms with Crippen molar-refractivity contribution in [1.82, 2.24) is 0 Å². The fourth-order valence-electron chi connectivity index (χ4n) is 3.96. The summed E-state index contributed by atoms with van der Waals surface area (Å²) in [6.07, 6.45) is -0.630. The van der Waals surface area contributed by atoms with Crippen molar-refractivity contribution in [2.24, 2.45) is 0 Å². The van der Waals surface area contributed by atoms with E-state index in [0.29, 0.717) is 5.56 Å². The number of methoxy groups -OCH3 is 2. The van der Waals surface area contributed by atoms with Gasteiger partial charge in [0.1, 0.15) is 0 Å². The van der Waals surface area contributed by atoms with Gasteiger partial charge in [0.2, 0.25) is 0 Å². The predicted molar refractivity (Wildman–Crippen MR) is 105 cm³/mol. The number of nitrogens with zero attached hydrogens (tertiary/aromatic N) is 1. The molecule has 2 unspecified atom stereocenters. The molecule has 3 aromatic carbocycles. The Bertz CT molecular complexity index is 942. The summed E-state index contributed by atoms with van der Waals surface area (Å²) in [7, 11) is 3.27. The smallest absolute Gasteiger partial charge is 0.260 e. The molecule has 0 radical (unpaired) electrons. The second-order valence-electron chi connectivity index (χ2n) is 6.45. The quantitative estimate of drug-likeness (QED) is 0.700. The molecule has 0 aliphatic carbocycles. The Labute approximate surface area is 159 Å². The highest BCUT2D eigenvalue weighted by Gasteiger charge is 2.55. The van der Waals surface area contributed by atoms with Crippen LogP contribution in [0.25, 0.3) is 0 Å². The van der Waals surface area contributed by atoms with Gasteiger partial charge in [-0.05, 0) is 23.8 Å². The zero-order valence-corrected chi connectivity index (χ0v) is 15.3. The van der Waals surface area contributed by atoms with E-state index in [1.807, 2.05) is 84.9 Å². The van der Waals surface area contributed by atoms with Gasteiger partial charge in [-0.15, -0.1) is 0 Å². The normalized spacial score (nSPS) is 21.1. The van der Waals surface area contributed by atoms with Crippen molar-refractivity contribution in [3.8, 4) is 0 Å². The highest BCUT2D eigenvalue weighted by molar-refractivity contribution is 6.08. The van der Waals surface area contributed by atoms with Crippen molar-refractivity contribution < 1.29 is 14.3 Å². The molecule has 4 rings (SSSR count). The predicted octanol–water partition coefficient (Wildman–Crippen LogP) is 4.21. The summed E-state index contributed by atoms with van der Waals surface area (Å²) in [5, 5.41) is 0. The number of ether oxygens (including phenoxy) is 2. The molecule has 1 aliphatic heterocycles. The average molecular weight is 359 g/mol. The molecule has 27 heavy (non-hydrogen) atoms. The van der Waals surface area contributed by atoms with Gasteiger partial charge in [0.15, 0.2) is 11.8 Å². The summed E-state index contributed by atoms with van der Waals surface area (Å²) >= 11 is 0. The molecule has 0 saturated heterocycles. The lowest BCUT2D eigenvalue weighted by Crippen LogP contribution is -2.50. The number of amides is 1. The first-order valence-corrected chi connectivity index (χ1v) is 8.85. The molecule has 3 aromatic rings. The molecule has 0 N–H and O–H groups in total. The maximum atomic E-state index is 13.4. The van der Waals surface area contributed by atoms with E-state index in [0.717, 1.165) is 16.8 Å². The summed E-state index contributed by atoms with van der Waals surface area (Å²) in [6, 6.07) is 26.9. The number of rotatable bonds is 4. The van der Waals surface area contributed by atoms with Crippen LogP contribution < -0.4 is 4.90 Å². The topological polar surface area (TPSA) is 38.8 Å². The van der Waals surface area contributed by atoms with Crippen molar-refractivity contribution >= 4 is 11.6 Å². The maximum absolute atomic E-state index is 13.4. The Morgan fingerprint density at radius 2 is 1.44 bits per heavy atom. The highest BCUT2D eigenvalue weighted by atomic mass is 16.6. The first kappa shape index (κ1) is 17.5. The molecule has 4 heteroatoms. The number of benzene rings is 3. The summed E-state index contributed by atoms with van der Waals surface area (Å²) in [5.74, 6) is -0.121. The SMILES string of the molecule is COC1N(C(=O)c2ccccc2)c2ccccc2C1(OC)c1ccccc1. The lowest BCUT2D eigenvalue weighted by molar-refractivity contribution is -0.0846. The molecule has 1 amide bonds. The van der Waals surface area contributed by atoms with Crippen molar-refractivity contribution in [1.29, 1.82) is 0 Å². The minimum Gasteiger partial charge on any atom is -0.364 e. The minimum absolute atomic E-state index is 0.121. The summed E-state index contributed by atoms with van der Waals surface area (Å²) in [6.45, 7) is 0. The third-order valence-electron chi connectivity index (χ3n) is 5.13. The molecular weight excluding hydrogens is 338 g/mol. The Morgan fingerprint density at radius 3 is 2.07 bits per heavy atom. The Kier molecular flexibility index (Phi) is 4.52. The third kappa shape index (κ3) is 2.57. The summed E-state index contributed by atoms with van der Waals surface area (Å²) in [5.41, 5.74) is 2.35. The van der Waals surface area contributed by atoms with Gasteiger partial charge in [-0.2, -0.15) is 0 Å². The van der Waals surface area contributed by atoms with Gasteiger partial charge < -0.3 is 9.47 Å². The second kappa shape index (κ2) is 6.99. The summed E-state index contributed by atoms with van der Waals surface area (Å²) < 4.78 is 12.0. The van der Waals surface area contributed by atoms with E-state index >= 15 is 0 Å². The molecule has 0 spiro atoms. The van der Waals surface area contributed by atoms with E-state index in [4.69, 9.17) is 9.47 Å². The van der Waals surface area contributed by atoms with Crippen LogP contribution in [0.15, 0.2) is 84.9 Å². The molecule has 0 fully saturated rings. The van der Waals surface area contributed by atoms with E-state index in [9.17, 15) is 4.79 Å². The van der Waals surface area contributed by atoms with Crippen molar-refractivity contribution in [3.63, 3.8) is 0 Å². The standard InChI is InChI=1S/C23H21NO3/c1-26-22-23(27-2,18-13-7-4-8-14-18)19-15-9-10-16-20(19)24(22)21(25)17-11-5-3-6-12-17/h3-16,22H,1-2H3. The van der Waals surface area contributed by atoms with Crippen LogP contribution in [0.1, 0.15) is 21.5 Å². The lowest BCUT2D eigenvalue weighted by atomic mass is 9.86. The van der Waals surface area contributed by atoms with Gasteiger partial charge in [0.25, 0.3) is 5.91 Å². The van der Waals surface area contributed by atoms with E-state index < -0.39 is 11.8 Å². The zero-order valence-electron chi connectivity index (χ0n) is 15.3. The number of hydrogen-bond acceptors (Lipinski definition) is 3. The molecule has 136 valence electrons. The first-order chi connectivity index (χ1) is 13.2. The maximum Gasteiger partial charge on any atom is 0.260 e. The Morgan fingerprint density at radius 1 is 0.852 bits per heavy atom. The van der Waals surface area contributed by atoms with Crippen molar-refractivity contribution in [2.75, 3.05) is 19.1 Å². The molecule has 0 aromatic heterocycles. The highest BCUT2D eigenvalue weighted by Crippen LogP contribution is 2.50. The van der Waals surface area contributed by atoms with E-state index in [1.165, 1.54) is 0 Å². The monoisotopic (exact) mass is 359 g/mol. The van der Waals surface area contributed by atoms with E-state index in [-0.39, 0.29) is 5.91 Å². The van der Waals surface area contributed by atoms with Crippen LogP contribution in [0.4, 0.5) is 5.69 Å². The van der Waals surface area contributed by atoms with E-state index in [2.05, 4.69) is 0 Å². The largest absolute Gasteiger partial charge is 0.364 e. The number of anilines is 1. The van der Waals surface area contributed by atoms with Gasteiger partial charge in [0, 0.05) is 25.3 Å². The molecule has 1 aliphatic rings. The van der Waals surface area contributed by atoms with Crippen LogP contribution in [-0.4, -0.2) is 26.4 Å². The molecule has 0 saturated carbocycles. The molecule has 0 bridgehead atoms. The third-order valence-corrected chi connectivity index (χ3v) is 5.13. The molecule has 1 heterocycles. The number of carbonyl (C=O) groups is 1. The second-order valence-corrected chi connectivity index (χ2v) is 6.45. The molecule has 4 nitrogen and oxygen atoms in total. The van der Waals surface area contributed by atoms with Crippen LogP contribution in [0.2, 0.25) is 0 Å². The fraction of sp³-hybridized carbons (Fsp3) is 0.174. The zero-order chi connectivity index (χ0) is 18.9. The van der Waals surface area contributed by atoms with Crippen LogP contribution >= 0.6 is 0 Å². The lowest BCUT2D eigenvalue weighted by Gasteiger charge is -2.36. The van der Waals surface area contributed by atoms with Crippen LogP contribution in [0.3, 0.4) is 0 Å². The molecular formula is C23H21NO3. The van der Waals surface area contributed by atoms with E-state index in [1.54, 1.807) is 19.1 Å². The summed E-state index contributed by atoms with van der Waals surface area (Å²) in [4.78, 5) is 15.1. The fourth-order valence-corrected chi connectivity index (χ4v) is 3.96.